The van der Waals surface area contributed by atoms with Crippen molar-refractivity contribution in [3.05, 3.63) is 48.5 Å². The Morgan fingerprint density at radius 1 is 1.29 bits per heavy atom. The number of aromatic nitrogens is 2. The van der Waals surface area contributed by atoms with Gasteiger partial charge in [0.2, 0.25) is 5.88 Å². The van der Waals surface area contributed by atoms with E-state index in [2.05, 4.69) is 10.1 Å². The lowest BCUT2D eigenvalue weighted by atomic mass is 10.0. The number of hydrogen-bond acceptors (Lipinski definition) is 5. The van der Waals surface area contributed by atoms with Crippen molar-refractivity contribution in [2.24, 2.45) is 0 Å². The third-order valence-electron chi connectivity index (χ3n) is 3.09. The van der Waals surface area contributed by atoms with Crippen molar-refractivity contribution >= 4 is 5.88 Å². The van der Waals surface area contributed by atoms with Crippen molar-refractivity contribution in [2.45, 2.75) is 0 Å². The van der Waals surface area contributed by atoms with Crippen molar-refractivity contribution in [3.63, 3.8) is 0 Å². The summed E-state index contributed by atoms with van der Waals surface area (Å²) >= 11 is 0. The van der Waals surface area contributed by atoms with E-state index >= 15 is 0 Å². The van der Waals surface area contributed by atoms with Crippen LogP contribution in [0.5, 0.6) is 5.75 Å². The molecule has 0 aliphatic carbocycles. The predicted molar refractivity (Wildman–Crippen MR) is 76.1 cm³/mol. The van der Waals surface area contributed by atoms with Gasteiger partial charge in [-0.1, -0.05) is 17.3 Å². The second-order valence-electron chi connectivity index (χ2n) is 4.36. The Morgan fingerprint density at radius 2 is 2.14 bits per heavy atom. The number of benzene rings is 1. The number of nitrogens with two attached hydrogens (primary N) is 1. The van der Waals surface area contributed by atoms with Gasteiger partial charge in [0.05, 0.1) is 18.9 Å². The number of nitrogen functional groups attached to an aromatic ring is 1. The highest BCUT2D eigenvalue weighted by Gasteiger charge is 2.20. The molecule has 0 aliphatic heterocycles. The molecule has 0 radical (unpaired) electrons. The summed E-state index contributed by atoms with van der Waals surface area (Å²) in [6.45, 7) is 0. The third-order valence-corrected chi connectivity index (χ3v) is 3.09. The minimum atomic E-state index is -0.360. The first-order valence-corrected chi connectivity index (χ1v) is 6.20. The molecular formula is C15H12FN3O2. The first kappa shape index (κ1) is 13.1. The van der Waals surface area contributed by atoms with Crippen LogP contribution in [-0.2, 0) is 0 Å². The number of pyridine rings is 1. The monoisotopic (exact) mass is 285 g/mol. The maximum atomic E-state index is 13.4. The second kappa shape index (κ2) is 5.24. The highest BCUT2D eigenvalue weighted by atomic mass is 19.1. The van der Waals surface area contributed by atoms with Crippen LogP contribution in [0.15, 0.2) is 47.2 Å². The fraction of sp³-hybridized carbons (Fsp3) is 0.0667. The molecule has 2 N–H and O–H groups in total. The maximum Gasteiger partial charge on any atom is 0.230 e. The lowest BCUT2D eigenvalue weighted by molar-refractivity contribution is 0.412. The summed E-state index contributed by atoms with van der Waals surface area (Å²) in [6.07, 6.45) is 3.17. The topological polar surface area (TPSA) is 74.2 Å². The molecule has 0 atom stereocenters. The van der Waals surface area contributed by atoms with Gasteiger partial charge in [0.1, 0.15) is 17.3 Å². The van der Waals surface area contributed by atoms with Gasteiger partial charge < -0.3 is 15.0 Å². The standard InChI is InChI=1S/C15H12FN3O2/c1-20-12-8-18-6-5-11(12)14-13(15(17)21-19-14)9-3-2-4-10(16)7-9/h2-8H,17H2,1H3. The number of methoxy groups -OCH3 is 1. The Bertz CT molecular complexity index is 786. The van der Waals surface area contributed by atoms with E-state index in [1.807, 2.05) is 0 Å². The number of rotatable bonds is 3. The Balaban J connectivity index is 2.22. The minimum absolute atomic E-state index is 0.120. The van der Waals surface area contributed by atoms with Crippen LogP contribution in [-0.4, -0.2) is 17.3 Å². The fourth-order valence-electron chi connectivity index (χ4n) is 2.15. The molecule has 0 saturated heterocycles. The van der Waals surface area contributed by atoms with Gasteiger partial charge in [-0.2, -0.15) is 0 Å². The second-order valence-corrected chi connectivity index (χ2v) is 4.36. The fourth-order valence-corrected chi connectivity index (χ4v) is 2.15. The third kappa shape index (κ3) is 2.31. The summed E-state index contributed by atoms with van der Waals surface area (Å²) in [5.74, 6) is 0.290. The number of anilines is 1. The Labute approximate surface area is 120 Å². The van der Waals surface area contributed by atoms with Gasteiger partial charge in [-0.3, -0.25) is 4.98 Å². The highest BCUT2D eigenvalue weighted by molar-refractivity contribution is 5.88. The van der Waals surface area contributed by atoms with Crippen LogP contribution in [0.1, 0.15) is 0 Å². The largest absolute Gasteiger partial charge is 0.494 e. The summed E-state index contributed by atoms with van der Waals surface area (Å²) in [5, 5.41) is 3.97. The quantitative estimate of drug-likeness (QED) is 0.800. The zero-order chi connectivity index (χ0) is 14.8. The van der Waals surface area contributed by atoms with Crippen molar-refractivity contribution in [2.75, 3.05) is 12.8 Å². The van der Waals surface area contributed by atoms with Gasteiger partial charge in [0, 0.05) is 11.8 Å². The Hall–Kier alpha value is -2.89. The molecule has 21 heavy (non-hydrogen) atoms. The number of nitrogens with zero attached hydrogens (tertiary/aromatic N) is 2. The normalized spacial score (nSPS) is 10.6. The summed E-state index contributed by atoms with van der Waals surface area (Å²) in [4.78, 5) is 3.99. The molecule has 0 fully saturated rings. The highest BCUT2D eigenvalue weighted by Crippen LogP contribution is 2.39. The van der Waals surface area contributed by atoms with Gasteiger partial charge in [-0.15, -0.1) is 0 Å². The van der Waals surface area contributed by atoms with Crippen LogP contribution in [0, 0.1) is 5.82 Å². The molecular weight excluding hydrogens is 273 g/mol. The summed E-state index contributed by atoms with van der Waals surface area (Å²) < 4.78 is 23.8. The van der Waals surface area contributed by atoms with Crippen LogP contribution in [0.25, 0.3) is 22.4 Å². The number of halogens is 1. The predicted octanol–water partition coefficient (Wildman–Crippen LogP) is 3.13. The zero-order valence-electron chi connectivity index (χ0n) is 11.2. The van der Waals surface area contributed by atoms with Crippen molar-refractivity contribution in [1.29, 1.82) is 0 Å². The average molecular weight is 285 g/mol. The van der Waals surface area contributed by atoms with Crippen molar-refractivity contribution in [3.8, 4) is 28.1 Å². The molecule has 3 aromatic rings. The summed E-state index contributed by atoms with van der Waals surface area (Å²) in [5.41, 5.74) is 8.11. The molecule has 3 rings (SSSR count). The number of hydrogen-bond donors (Lipinski definition) is 1. The molecule has 2 aromatic heterocycles. The van der Waals surface area contributed by atoms with Crippen LogP contribution in [0.4, 0.5) is 10.3 Å². The molecule has 0 saturated carbocycles. The van der Waals surface area contributed by atoms with Crippen LogP contribution in [0.3, 0.4) is 0 Å². The summed E-state index contributed by atoms with van der Waals surface area (Å²) in [7, 11) is 1.53. The van der Waals surface area contributed by atoms with E-state index in [0.717, 1.165) is 0 Å². The average Bonchev–Trinajstić information content (AvgIpc) is 2.88. The molecule has 0 bridgehead atoms. The van der Waals surface area contributed by atoms with Crippen LogP contribution < -0.4 is 10.5 Å². The number of ether oxygens (including phenoxy) is 1. The molecule has 106 valence electrons. The Morgan fingerprint density at radius 3 is 2.90 bits per heavy atom. The van der Waals surface area contributed by atoms with E-state index in [-0.39, 0.29) is 11.7 Å². The van der Waals surface area contributed by atoms with E-state index in [0.29, 0.717) is 28.1 Å². The van der Waals surface area contributed by atoms with E-state index in [1.54, 1.807) is 30.6 Å². The van der Waals surface area contributed by atoms with Gasteiger partial charge in [0.15, 0.2) is 0 Å². The van der Waals surface area contributed by atoms with E-state index < -0.39 is 0 Å². The Kier molecular flexibility index (Phi) is 3.27. The summed E-state index contributed by atoms with van der Waals surface area (Å²) in [6, 6.07) is 7.81. The molecule has 0 spiro atoms. The SMILES string of the molecule is COc1cnccc1-c1noc(N)c1-c1cccc(F)c1. The minimum Gasteiger partial charge on any atom is -0.494 e. The zero-order valence-corrected chi connectivity index (χ0v) is 11.2. The molecule has 2 heterocycles. The van der Waals surface area contributed by atoms with E-state index in [1.165, 1.54) is 19.2 Å². The van der Waals surface area contributed by atoms with Gasteiger partial charge >= 0.3 is 0 Å². The maximum absolute atomic E-state index is 13.4. The first-order valence-electron chi connectivity index (χ1n) is 6.20. The van der Waals surface area contributed by atoms with Crippen molar-refractivity contribution < 1.29 is 13.7 Å². The van der Waals surface area contributed by atoms with E-state index in [4.69, 9.17) is 15.0 Å². The molecule has 0 amide bonds. The van der Waals surface area contributed by atoms with Crippen LogP contribution in [0.2, 0.25) is 0 Å². The molecule has 1 aromatic carbocycles. The lowest BCUT2D eigenvalue weighted by Crippen LogP contribution is -1.92. The molecule has 6 heteroatoms. The molecule has 5 nitrogen and oxygen atoms in total. The van der Waals surface area contributed by atoms with Gasteiger partial charge in [-0.05, 0) is 23.8 Å². The molecule has 0 unspecified atom stereocenters. The van der Waals surface area contributed by atoms with E-state index in [9.17, 15) is 4.39 Å². The van der Waals surface area contributed by atoms with Crippen LogP contribution >= 0.6 is 0 Å². The first-order chi connectivity index (χ1) is 10.2. The molecule has 0 aliphatic rings. The van der Waals surface area contributed by atoms with Gasteiger partial charge in [-0.25, -0.2) is 4.39 Å². The smallest absolute Gasteiger partial charge is 0.230 e. The van der Waals surface area contributed by atoms with Gasteiger partial charge in [0.25, 0.3) is 0 Å². The lowest BCUT2D eigenvalue weighted by Gasteiger charge is -2.07. The van der Waals surface area contributed by atoms with Crippen molar-refractivity contribution in [1.82, 2.24) is 10.1 Å².